The van der Waals surface area contributed by atoms with E-state index in [1.165, 1.54) is 6.42 Å². The zero-order chi connectivity index (χ0) is 13.8. The average molecular weight is 253 g/mol. The third kappa shape index (κ3) is 6.48. The van der Waals surface area contributed by atoms with Crippen molar-refractivity contribution in [1.82, 2.24) is 4.90 Å². The van der Waals surface area contributed by atoms with Crippen LogP contribution >= 0.6 is 0 Å². The molecular formula is C15H27NO2. The standard InChI is InChI=1S/C13H21NO2.C2H6/c1-3-8-12(4-2)11-16-13(15)14-9-6-5-7-10-14;1-2/h3-4,8H,5-7,9-11H2,1-2H3;1-2H3/b8-3-,12-4+;. The maximum Gasteiger partial charge on any atom is 0.410 e. The molecule has 1 fully saturated rings. The summed E-state index contributed by atoms with van der Waals surface area (Å²) in [4.78, 5) is 13.5. The Hall–Kier alpha value is -1.25. The summed E-state index contributed by atoms with van der Waals surface area (Å²) in [6, 6.07) is 0. The van der Waals surface area contributed by atoms with Crippen molar-refractivity contribution < 1.29 is 9.53 Å². The highest BCUT2D eigenvalue weighted by molar-refractivity contribution is 5.67. The molecule has 1 heterocycles. The number of hydrogen-bond acceptors (Lipinski definition) is 2. The molecule has 1 saturated heterocycles. The molecule has 0 spiro atoms. The Morgan fingerprint density at radius 1 is 1.17 bits per heavy atom. The molecule has 0 atom stereocenters. The second-order valence-corrected chi connectivity index (χ2v) is 3.97. The van der Waals surface area contributed by atoms with Gasteiger partial charge >= 0.3 is 6.09 Å². The number of carbonyl (C=O) groups excluding carboxylic acids is 1. The van der Waals surface area contributed by atoms with Crippen LogP contribution in [0.15, 0.2) is 23.8 Å². The molecule has 1 amide bonds. The molecule has 1 rings (SSSR count). The van der Waals surface area contributed by atoms with Gasteiger partial charge in [-0.1, -0.05) is 32.1 Å². The smallest absolute Gasteiger partial charge is 0.410 e. The van der Waals surface area contributed by atoms with E-state index in [0.717, 1.165) is 31.5 Å². The normalized spacial score (nSPS) is 16.2. The minimum Gasteiger partial charge on any atom is -0.445 e. The topological polar surface area (TPSA) is 29.5 Å². The van der Waals surface area contributed by atoms with E-state index in [9.17, 15) is 4.79 Å². The second-order valence-electron chi connectivity index (χ2n) is 3.97. The Morgan fingerprint density at radius 2 is 1.78 bits per heavy atom. The maximum absolute atomic E-state index is 11.7. The van der Waals surface area contributed by atoms with Crippen LogP contribution in [0.3, 0.4) is 0 Å². The molecule has 0 aromatic rings. The van der Waals surface area contributed by atoms with Crippen molar-refractivity contribution in [3.05, 3.63) is 23.8 Å². The predicted octanol–water partition coefficient (Wildman–Crippen LogP) is 4.16. The van der Waals surface area contributed by atoms with Crippen LogP contribution in [-0.2, 0) is 4.74 Å². The molecule has 0 saturated carbocycles. The quantitative estimate of drug-likeness (QED) is 0.707. The fourth-order valence-electron chi connectivity index (χ4n) is 1.75. The van der Waals surface area contributed by atoms with Gasteiger partial charge < -0.3 is 9.64 Å². The van der Waals surface area contributed by atoms with Gasteiger partial charge in [-0.2, -0.15) is 0 Å². The van der Waals surface area contributed by atoms with E-state index >= 15 is 0 Å². The van der Waals surface area contributed by atoms with Crippen LogP contribution < -0.4 is 0 Å². The number of hydrogen-bond donors (Lipinski definition) is 0. The van der Waals surface area contributed by atoms with E-state index in [-0.39, 0.29) is 6.09 Å². The van der Waals surface area contributed by atoms with E-state index in [2.05, 4.69) is 0 Å². The molecule has 0 radical (unpaired) electrons. The van der Waals surface area contributed by atoms with Crippen LogP contribution in [0.1, 0.15) is 47.0 Å². The van der Waals surface area contributed by atoms with Crippen LogP contribution in [0.5, 0.6) is 0 Å². The molecule has 18 heavy (non-hydrogen) atoms. The van der Waals surface area contributed by atoms with Gasteiger partial charge in [-0.25, -0.2) is 4.79 Å². The molecule has 0 aromatic carbocycles. The van der Waals surface area contributed by atoms with Gasteiger partial charge in [0.1, 0.15) is 6.61 Å². The van der Waals surface area contributed by atoms with E-state index in [4.69, 9.17) is 4.74 Å². The minimum absolute atomic E-state index is 0.177. The fraction of sp³-hybridized carbons (Fsp3) is 0.667. The van der Waals surface area contributed by atoms with Gasteiger partial charge in [-0.3, -0.25) is 0 Å². The first-order valence-corrected chi connectivity index (χ1v) is 6.97. The van der Waals surface area contributed by atoms with Gasteiger partial charge in [0, 0.05) is 13.1 Å². The van der Waals surface area contributed by atoms with E-state index < -0.39 is 0 Å². The number of piperidine rings is 1. The van der Waals surface area contributed by atoms with Crippen LogP contribution in [0.25, 0.3) is 0 Å². The lowest BCUT2D eigenvalue weighted by Gasteiger charge is -2.25. The summed E-state index contributed by atoms with van der Waals surface area (Å²) in [5.41, 5.74) is 1.04. The number of likely N-dealkylation sites (tertiary alicyclic amines) is 1. The molecule has 3 heteroatoms. The molecule has 0 unspecified atom stereocenters. The van der Waals surface area contributed by atoms with Crippen molar-refractivity contribution in [2.24, 2.45) is 0 Å². The first-order valence-electron chi connectivity index (χ1n) is 6.97. The van der Waals surface area contributed by atoms with Crippen LogP contribution in [0, 0.1) is 0 Å². The van der Waals surface area contributed by atoms with Crippen molar-refractivity contribution in [2.75, 3.05) is 19.7 Å². The molecule has 104 valence electrons. The summed E-state index contributed by atoms with van der Waals surface area (Å²) in [5.74, 6) is 0. The fourth-order valence-corrected chi connectivity index (χ4v) is 1.75. The van der Waals surface area contributed by atoms with Gasteiger partial charge in [-0.15, -0.1) is 0 Å². The molecule has 1 aliphatic heterocycles. The van der Waals surface area contributed by atoms with Crippen molar-refractivity contribution in [3.63, 3.8) is 0 Å². The summed E-state index contributed by atoms with van der Waals surface area (Å²) in [6.45, 7) is 9.96. The molecule has 1 aliphatic rings. The van der Waals surface area contributed by atoms with Crippen molar-refractivity contribution >= 4 is 6.09 Å². The molecule has 0 bridgehead atoms. The molecule has 0 aliphatic carbocycles. The first kappa shape index (κ1) is 16.8. The van der Waals surface area contributed by atoms with E-state index in [1.54, 1.807) is 4.90 Å². The largest absolute Gasteiger partial charge is 0.445 e. The Bertz CT molecular complexity index is 276. The van der Waals surface area contributed by atoms with Crippen molar-refractivity contribution in [1.29, 1.82) is 0 Å². The SMILES string of the molecule is C/C=C\C(=C/C)COC(=O)N1CCCCC1.CC. The molecule has 0 aromatic heterocycles. The molecular weight excluding hydrogens is 226 g/mol. The zero-order valence-corrected chi connectivity index (χ0v) is 12.2. The highest BCUT2D eigenvalue weighted by Crippen LogP contribution is 2.10. The summed E-state index contributed by atoms with van der Waals surface area (Å²) in [6.07, 6.45) is 9.11. The second kappa shape index (κ2) is 10.9. The Labute approximate surface area is 112 Å². The predicted molar refractivity (Wildman–Crippen MR) is 76.7 cm³/mol. The van der Waals surface area contributed by atoms with Crippen LogP contribution in [0.2, 0.25) is 0 Å². The summed E-state index contributed by atoms with van der Waals surface area (Å²) >= 11 is 0. The van der Waals surface area contributed by atoms with Gasteiger partial charge in [-0.05, 0) is 38.7 Å². The van der Waals surface area contributed by atoms with Gasteiger partial charge in [0.2, 0.25) is 0 Å². The summed E-state index contributed by atoms with van der Waals surface area (Å²) in [5, 5.41) is 0. The lowest BCUT2D eigenvalue weighted by Crippen LogP contribution is -2.36. The average Bonchev–Trinajstić information content (AvgIpc) is 2.46. The summed E-state index contributed by atoms with van der Waals surface area (Å²) < 4.78 is 5.25. The van der Waals surface area contributed by atoms with E-state index in [0.29, 0.717) is 6.61 Å². The van der Waals surface area contributed by atoms with Gasteiger partial charge in [0.15, 0.2) is 0 Å². The third-order valence-corrected chi connectivity index (χ3v) is 2.73. The number of carbonyl (C=O) groups is 1. The molecule has 3 nitrogen and oxygen atoms in total. The van der Waals surface area contributed by atoms with Gasteiger partial charge in [0.25, 0.3) is 0 Å². The maximum atomic E-state index is 11.7. The van der Waals surface area contributed by atoms with Crippen molar-refractivity contribution in [3.8, 4) is 0 Å². The third-order valence-electron chi connectivity index (χ3n) is 2.73. The highest BCUT2D eigenvalue weighted by Gasteiger charge is 2.17. The zero-order valence-electron chi connectivity index (χ0n) is 12.2. The van der Waals surface area contributed by atoms with E-state index in [1.807, 2.05) is 45.9 Å². The first-order chi connectivity index (χ1) is 8.77. The number of rotatable bonds is 3. The lowest BCUT2D eigenvalue weighted by molar-refractivity contribution is 0.103. The Morgan fingerprint density at radius 3 is 2.28 bits per heavy atom. The lowest BCUT2D eigenvalue weighted by atomic mass is 10.1. The van der Waals surface area contributed by atoms with Gasteiger partial charge in [0.05, 0.1) is 0 Å². The van der Waals surface area contributed by atoms with Crippen molar-refractivity contribution in [2.45, 2.75) is 47.0 Å². The highest BCUT2D eigenvalue weighted by atomic mass is 16.6. The number of nitrogens with zero attached hydrogens (tertiary/aromatic N) is 1. The number of ether oxygens (including phenoxy) is 1. The van der Waals surface area contributed by atoms with Crippen LogP contribution in [0.4, 0.5) is 4.79 Å². The Balaban J connectivity index is 0.00000137. The Kier molecular flexibility index (Phi) is 10.1. The monoisotopic (exact) mass is 253 g/mol. The minimum atomic E-state index is -0.177. The van der Waals surface area contributed by atoms with Crippen LogP contribution in [-0.4, -0.2) is 30.7 Å². The molecule has 0 N–H and O–H groups in total. The number of amides is 1. The number of allylic oxidation sites excluding steroid dienone is 2. The summed E-state index contributed by atoms with van der Waals surface area (Å²) in [7, 11) is 0.